The van der Waals surface area contributed by atoms with E-state index in [2.05, 4.69) is 45.6 Å². The smallest absolute Gasteiger partial charge is 0.253 e. The number of benzene rings is 1. The number of nitrogens with one attached hydrogen (secondary N) is 3. The first-order valence-corrected chi connectivity index (χ1v) is 18.6. The number of H-pyrrole nitrogens is 1. The lowest BCUT2D eigenvalue weighted by molar-refractivity contribution is -0.111. The highest BCUT2D eigenvalue weighted by atomic mass is 32.2. The van der Waals surface area contributed by atoms with E-state index in [1.54, 1.807) is 6.20 Å². The lowest BCUT2D eigenvalue weighted by Crippen LogP contribution is -2.47. The Morgan fingerprint density at radius 2 is 1.88 bits per heavy atom. The standard InChI is InChI=1S/C36H48N10O4S/c1-23-24(2)42-43-33(23)41-34-28-17-31(51(49)36(3,4)5)30(18-29(28)38-22-39-34)50-15-7-10-45-11-13-46(14-12-45)32-9-8-25(19-37-32)35(48)40-26-16-27(21-47)44(6)20-26/h8-9,17-19,21-22,26-27H,7,10-16,20H2,1-6H3,(H,40,48)(H2,38,39,41,42,43). The molecule has 1 aromatic carbocycles. The summed E-state index contributed by atoms with van der Waals surface area (Å²) in [4.78, 5) is 44.8. The van der Waals surface area contributed by atoms with Gasteiger partial charge in [0.15, 0.2) is 5.82 Å². The van der Waals surface area contributed by atoms with Crippen molar-refractivity contribution in [3.63, 3.8) is 0 Å². The van der Waals surface area contributed by atoms with Crippen LogP contribution in [0.3, 0.4) is 0 Å². The third-order valence-electron chi connectivity index (χ3n) is 9.62. The number of likely N-dealkylation sites (N-methyl/N-ethyl adjacent to an activating group) is 1. The molecule has 6 rings (SSSR count). The molecular formula is C36H48N10O4S. The van der Waals surface area contributed by atoms with Crippen LogP contribution >= 0.6 is 0 Å². The number of carbonyl (C=O) groups excluding carboxylic acids is 2. The number of hydrogen-bond donors (Lipinski definition) is 3. The van der Waals surface area contributed by atoms with Gasteiger partial charge in [-0.1, -0.05) is 0 Å². The second-order valence-electron chi connectivity index (χ2n) is 14.4. The molecule has 0 bridgehead atoms. The Balaban J connectivity index is 1.02. The quantitative estimate of drug-likeness (QED) is 0.145. The van der Waals surface area contributed by atoms with Crippen molar-refractivity contribution < 1.29 is 18.5 Å². The number of piperazine rings is 1. The number of hydrogen-bond acceptors (Lipinski definition) is 12. The molecule has 3 atom stereocenters. The fourth-order valence-corrected chi connectivity index (χ4v) is 7.60. The molecule has 0 radical (unpaired) electrons. The highest BCUT2D eigenvalue weighted by Crippen LogP contribution is 2.35. The maximum absolute atomic E-state index is 13.7. The number of anilines is 3. The van der Waals surface area contributed by atoms with Crippen LogP contribution in [0.2, 0.25) is 0 Å². The minimum absolute atomic E-state index is 0.0505. The van der Waals surface area contributed by atoms with Crippen molar-refractivity contribution in [2.75, 3.05) is 63.1 Å². The number of amides is 1. The number of aromatic amines is 1. The number of aryl methyl sites for hydroxylation is 1. The molecule has 2 aliphatic heterocycles. The van der Waals surface area contributed by atoms with E-state index in [0.29, 0.717) is 52.9 Å². The van der Waals surface area contributed by atoms with Gasteiger partial charge in [-0.2, -0.15) is 5.10 Å². The van der Waals surface area contributed by atoms with E-state index < -0.39 is 15.5 Å². The van der Waals surface area contributed by atoms with Crippen LogP contribution in [0.15, 0.2) is 41.7 Å². The average molecular weight is 717 g/mol. The van der Waals surface area contributed by atoms with Crippen molar-refractivity contribution in [3.05, 3.63) is 53.6 Å². The monoisotopic (exact) mass is 716 g/mol. The Bertz CT molecular complexity index is 1890. The first-order chi connectivity index (χ1) is 24.4. The van der Waals surface area contributed by atoms with Gasteiger partial charge < -0.3 is 25.1 Å². The van der Waals surface area contributed by atoms with Crippen LogP contribution < -0.4 is 20.3 Å². The molecular weight excluding hydrogens is 669 g/mol. The molecule has 272 valence electrons. The third-order valence-corrected chi connectivity index (χ3v) is 11.5. The van der Waals surface area contributed by atoms with Crippen molar-refractivity contribution in [2.24, 2.45) is 0 Å². The number of rotatable bonds is 12. The number of likely N-dealkylation sites (tertiary alicyclic amines) is 1. The summed E-state index contributed by atoms with van der Waals surface area (Å²) >= 11 is 0. The largest absolute Gasteiger partial charge is 0.492 e. The summed E-state index contributed by atoms with van der Waals surface area (Å²) < 4.78 is 19.6. The maximum Gasteiger partial charge on any atom is 0.253 e. The summed E-state index contributed by atoms with van der Waals surface area (Å²) in [5.41, 5.74) is 3.17. The molecule has 0 aliphatic carbocycles. The number of nitrogens with zero attached hydrogens (tertiary/aromatic N) is 7. The molecule has 0 saturated carbocycles. The van der Waals surface area contributed by atoms with E-state index in [1.807, 2.05) is 70.8 Å². The zero-order chi connectivity index (χ0) is 36.3. The molecule has 3 aromatic heterocycles. The number of aldehydes is 1. The van der Waals surface area contributed by atoms with E-state index >= 15 is 0 Å². The highest BCUT2D eigenvalue weighted by Gasteiger charge is 2.30. The summed E-state index contributed by atoms with van der Waals surface area (Å²) in [6.07, 6.45) is 5.50. The van der Waals surface area contributed by atoms with E-state index in [0.717, 1.165) is 67.9 Å². The summed E-state index contributed by atoms with van der Waals surface area (Å²) in [6, 6.07) is 7.26. The van der Waals surface area contributed by atoms with Gasteiger partial charge in [0.25, 0.3) is 5.91 Å². The average Bonchev–Trinajstić information content (AvgIpc) is 3.64. The van der Waals surface area contributed by atoms with Crippen LogP contribution in [-0.2, 0) is 15.6 Å². The normalized spacial score (nSPS) is 19.3. The molecule has 2 aliphatic rings. The van der Waals surface area contributed by atoms with E-state index in [-0.39, 0.29) is 18.0 Å². The molecule has 3 N–H and O–H groups in total. The predicted molar refractivity (Wildman–Crippen MR) is 198 cm³/mol. The maximum atomic E-state index is 13.7. The first kappa shape index (κ1) is 36.3. The molecule has 2 saturated heterocycles. The first-order valence-electron chi connectivity index (χ1n) is 17.4. The number of ether oxygens (including phenoxy) is 1. The summed E-state index contributed by atoms with van der Waals surface area (Å²) in [7, 11) is 0.542. The topological polar surface area (TPSA) is 162 Å². The molecule has 3 unspecified atom stereocenters. The zero-order valence-electron chi connectivity index (χ0n) is 30.2. The van der Waals surface area contributed by atoms with E-state index in [9.17, 15) is 13.8 Å². The minimum atomic E-state index is -1.35. The van der Waals surface area contributed by atoms with Gasteiger partial charge in [-0.25, -0.2) is 15.0 Å². The van der Waals surface area contributed by atoms with Crippen LogP contribution in [0.4, 0.5) is 17.5 Å². The lowest BCUT2D eigenvalue weighted by atomic mass is 10.1. The molecule has 1 amide bonds. The molecule has 0 spiro atoms. The summed E-state index contributed by atoms with van der Waals surface area (Å²) in [6.45, 7) is 15.2. The third kappa shape index (κ3) is 8.37. The molecule has 2 fully saturated rings. The van der Waals surface area contributed by atoms with Crippen LogP contribution in [-0.4, -0.2) is 121 Å². The van der Waals surface area contributed by atoms with Gasteiger partial charge in [0, 0.05) is 79.0 Å². The number of fused-ring (bicyclic) bond motifs is 1. The predicted octanol–water partition coefficient (Wildman–Crippen LogP) is 3.61. The minimum Gasteiger partial charge on any atom is -0.492 e. The lowest BCUT2D eigenvalue weighted by Gasteiger charge is -2.35. The summed E-state index contributed by atoms with van der Waals surface area (Å²) in [5, 5.41) is 14.4. The van der Waals surface area contributed by atoms with Crippen LogP contribution in [0.5, 0.6) is 5.75 Å². The fraction of sp³-hybridized carbons (Fsp3) is 0.500. The molecule has 4 aromatic rings. The molecule has 14 nitrogen and oxygen atoms in total. The molecule has 51 heavy (non-hydrogen) atoms. The van der Waals surface area contributed by atoms with Gasteiger partial charge in [0.05, 0.1) is 39.4 Å². The van der Waals surface area contributed by atoms with Crippen molar-refractivity contribution in [1.29, 1.82) is 0 Å². The van der Waals surface area contributed by atoms with Crippen LogP contribution in [0, 0.1) is 13.8 Å². The second kappa shape index (κ2) is 15.4. The second-order valence-corrected chi connectivity index (χ2v) is 16.6. The van der Waals surface area contributed by atoms with Gasteiger partial charge in [-0.05, 0) is 72.7 Å². The van der Waals surface area contributed by atoms with Gasteiger partial charge in [-0.3, -0.25) is 23.9 Å². The van der Waals surface area contributed by atoms with Crippen molar-refractivity contribution in [1.82, 2.24) is 40.3 Å². The Hall–Kier alpha value is -4.47. The van der Waals surface area contributed by atoms with Gasteiger partial charge >= 0.3 is 0 Å². The number of aromatic nitrogens is 5. The zero-order valence-corrected chi connectivity index (χ0v) is 31.0. The SMILES string of the molecule is Cc1[nH]nc(Nc2ncnc3cc(OCCCN4CCN(c5ccc(C(=O)NC6CC(C=O)N(C)C6)cn5)CC4)c(S(=O)C(C)(C)C)cc23)c1C. The van der Waals surface area contributed by atoms with Gasteiger partial charge in [0.2, 0.25) is 0 Å². The van der Waals surface area contributed by atoms with Crippen molar-refractivity contribution in [3.8, 4) is 5.75 Å². The van der Waals surface area contributed by atoms with E-state index in [4.69, 9.17) is 4.74 Å². The van der Waals surface area contributed by atoms with E-state index in [1.165, 1.54) is 6.33 Å². The Labute approximate surface area is 301 Å². The number of pyridine rings is 1. The Kier molecular flexibility index (Phi) is 11.0. The highest BCUT2D eigenvalue weighted by molar-refractivity contribution is 7.86. The molecule has 15 heteroatoms. The molecule has 5 heterocycles. The van der Waals surface area contributed by atoms with Crippen molar-refractivity contribution >= 4 is 51.3 Å². The van der Waals surface area contributed by atoms with Gasteiger partial charge in [0.1, 0.15) is 30.0 Å². The van der Waals surface area contributed by atoms with Crippen molar-refractivity contribution in [2.45, 2.75) is 69.2 Å². The number of carbonyl (C=O) groups is 2. The summed E-state index contributed by atoms with van der Waals surface area (Å²) in [5.74, 6) is 2.53. The van der Waals surface area contributed by atoms with Crippen LogP contribution in [0.25, 0.3) is 10.9 Å². The Morgan fingerprint density at radius 3 is 2.53 bits per heavy atom. The van der Waals surface area contributed by atoms with Gasteiger partial charge in [-0.15, -0.1) is 0 Å². The Morgan fingerprint density at radius 1 is 1.10 bits per heavy atom. The van der Waals surface area contributed by atoms with Crippen LogP contribution in [0.1, 0.15) is 55.2 Å². The fourth-order valence-electron chi connectivity index (χ4n) is 6.41.